The number of amides is 1. The van der Waals surface area contributed by atoms with Crippen LogP contribution in [0.25, 0.3) is 0 Å². The Kier molecular flexibility index (Phi) is 3.17. The smallest absolute Gasteiger partial charge is 0.231 e. The van der Waals surface area contributed by atoms with E-state index in [9.17, 15) is 4.79 Å². The number of benzene rings is 1. The first-order chi connectivity index (χ1) is 9.73. The Morgan fingerprint density at radius 1 is 1.14 bits per heavy atom. The summed E-state index contributed by atoms with van der Waals surface area (Å²) in [5.74, 6) is 0.167. The maximum absolute atomic E-state index is 12.5. The maximum Gasteiger partial charge on any atom is 0.231 e. The van der Waals surface area contributed by atoms with E-state index >= 15 is 0 Å². The molecule has 1 aromatic carbocycles. The predicted octanol–water partition coefficient (Wildman–Crippen LogP) is 2.67. The van der Waals surface area contributed by atoms with E-state index in [1.807, 2.05) is 20.8 Å². The number of rotatable bonds is 4. The van der Waals surface area contributed by atoms with Crippen LogP contribution in [0, 0.1) is 0 Å². The Morgan fingerprint density at radius 2 is 1.71 bits per heavy atom. The lowest BCUT2D eigenvalue weighted by Crippen LogP contribution is -2.46. The molecule has 21 heavy (non-hydrogen) atoms. The molecule has 3 rings (SSSR count). The summed E-state index contributed by atoms with van der Waals surface area (Å²) in [6.07, 6.45) is 5.12. The number of hydrogen-bond acceptors (Lipinski definition) is 2. The lowest BCUT2D eigenvalue weighted by atomic mass is 9.92. The van der Waals surface area contributed by atoms with Gasteiger partial charge in [0.15, 0.2) is 0 Å². The van der Waals surface area contributed by atoms with E-state index in [0.29, 0.717) is 0 Å². The van der Waals surface area contributed by atoms with Gasteiger partial charge in [-0.1, -0.05) is 24.3 Å². The van der Waals surface area contributed by atoms with Gasteiger partial charge in [0.25, 0.3) is 0 Å². The van der Waals surface area contributed by atoms with Crippen LogP contribution in [0.5, 0.6) is 0 Å². The van der Waals surface area contributed by atoms with Gasteiger partial charge in [-0.05, 0) is 64.0 Å². The molecule has 2 fully saturated rings. The standard InChI is InChI=1S/C18H26N2O/c1-16(2,3)20-15(21)18(10-11-18)14-6-4-13(5-7-14)12-17(19)8-9-17/h4-7H,8-12,19H2,1-3H3,(H,20,21). The van der Waals surface area contributed by atoms with E-state index in [-0.39, 0.29) is 22.4 Å². The molecular formula is C18H26N2O. The van der Waals surface area contributed by atoms with Crippen molar-refractivity contribution in [1.82, 2.24) is 5.32 Å². The first-order valence-corrected chi connectivity index (χ1v) is 7.94. The van der Waals surface area contributed by atoms with Crippen molar-refractivity contribution in [1.29, 1.82) is 0 Å². The van der Waals surface area contributed by atoms with Crippen molar-refractivity contribution in [3.05, 3.63) is 35.4 Å². The average Bonchev–Trinajstić information content (AvgIpc) is 3.26. The normalized spacial score (nSPS) is 21.7. The number of nitrogens with two attached hydrogens (primary N) is 1. The molecule has 0 spiro atoms. The summed E-state index contributed by atoms with van der Waals surface area (Å²) in [6.45, 7) is 6.08. The highest BCUT2D eigenvalue weighted by molar-refractivity contribution is 5.91. The third-order valence-corrected chi connectivity index (χ3v) is 4.63. The van der Waals surface area contributed by atoms with Crippen molar-refractivity contribution < 1.29 is 4.79 Å². The number of carbonyl (C=O) groups is 1. The molecule has 0 aliphatic heterocycles. The van der Waals surface area contributed by atoms with Gasteiger partial charge >= 0.3 is 0 Å². The highest BCUT2D eigenvalue weighted by Gasteiger charge is 2.51. The highest BCUT2D eigenvalue weighted by atomic mass is 16.2. The Bertz CT molecular complexity index is 546. The van der Waals surface area contributed by atoms with Gasteiger partial charge < -0.3 is 11.1 Å². The summed E-state index contributed by atoms with van der Waals surface area (Å²) in [5, 5.41) is 3.12. The molecule has 114 valence electrons. The van der Waals surface area contributed by atoms with Gasteiger partial charge in [0, 0.05) is 11.1 Å². The summed E-state index contributed by atoms with van der Waals surface area (Å²) in [7, 11) is 0. The minimum atomic E-state index is -0.286. The molecule has 0 saturated heterocycles. The van der Waals surface area contributed by atoms with E-state index in [1.54, 1.807) is 0 Å². The molecule has 2 aliphatic rings. The molecule has 2 aliphatic carbocycles. The van der Waals surface area contributed by atoms with Gasteiger partial charge in [-0.15, -0.1) is 0 Å². The zero-order valence-electron chi connectivity index (χ0n) is 13.3. The van der Waals surface area contributed by atoms with Crippen molar-refractivity contribution in [3.63, 3.8) is 0 Å². The third kappa shape index (κ3) is 3.13. The minimum Gasteiger partial charge on any atom is -0.351 e. The Morgan fingerprint density at radius 3 is 2.14 bits per heavy atom. The zero-order chi connectivity index (χ0) is 15.3. The summed E-state index contributed by atoms with van der Waals surface area (Å²) in [4.78, 5) is 12.5. The van der Waals surface area contributed by atoms with Crippen molar-refractivity contribution in [2.45, 2.75) is 69.4 Å². The van der Waals surface area contributed by atoms with E-state index in [4.69, 9.17) is 5.73 Å². The van der Waals surface area contributed by atoms with Crippen molar-refractivity contribution >= 4 is 5.91 Å². The Hall–Kier alpha value is -1.35. The fourth-order valence-electron chi connectivity index (χ4n) is 2.92. The van der Waals surface area contributed by atoms with E-state index in [2.05, 4.69) is 29.6 Å². The topological polar surface area (TPSA) is 55.1 Å². The molecule has 0 unspecified atom stereocenters. The van der Waals surface area contributed by atoms with Crippen LogP contribution in [-0.4, -0.2) is 17.0 Å². The predicted molar refractivity (Wildman–Crippen MR) is 85.1 cm³/mol. The first-order valence-electron chi connectivity index (χ1n) is 7.94. The Balaban J connectivity index is 1.72. The van der Waals surface area contributed by atoms with Crippen LogP contribution in [-0.2, 0) is 16.6 Å². The van der Waals surface area contributed by atoms with Crippen LogP contribution < -0.4 is 11.1 Å². The molecule has 1 amide bonds. The summed E-state index contributed by atoms with van der Waals surface area (Å²) in [5.41, 5.74) is 8.18. The largest absolute Gasteiger partial charge is 0.351 e. The van der Waals surface area contributed by atoms with Crippen LogP contribution in [0.15, 0.2) is 24.3 Å². The number of hydrogen-bond donors (Lipinski definition) is 2. The van der Waals surface area contributed by atoms with Crippen LogP contribution in [0.2, 0.25) is 0 Å². The van der Waals surface area contributed by atoms with Gasteiger partial charge in [0.1, 0.15) is 0 Å². The van der Waals surface area contributed by atoms with Gasteiger partial charge in [-0.2, -0.15) is 0 Å². The number of carbonyl (C=O) groups excluding carboxylic acids is 1. The van der Waals surface area contributed by atoms with E-state index < -0.39 is 0 Å². The lowest BCUT2D eigenvalue weighted by Gasteiger charge is -2.25. The van der Waals surface area contributed by atoms with Crippen LogP contribution in [0.4, 0.5) is 0 Å². The van der Waals surface area contributed by atoms with Gasteiger partial charge in [0.05, 0.1) is 5.41 Å². The molecule has 0 radical (unpaired) electrons. The van der Waals surface area contributed by atoms with Gasteiger partial charge in [-0.25, -0.2) is 0 Å². The second kappa shape index (κ2) is 4.57. The fourth-order valence-corrected chi connectivity index (χ4v) is 2.92. The summed E-state index contributed by atoms with van der Waals surface area (Å²) >= 11 is 0. The van der Waals surface area contributed by atoms with Crippen LogP contribution in [0.1, 0.15) is 57.6 Å². The Labute approximate surface area is 127 Å². The van der Waals surface area contributed by atoms with E-state index in [1.165, 1.54) is 5.56 Å². The summed E-state index contributed by atoms with van der Waals surface area (Å²) < 4.78 is 0. The molecule has 0 atom stereocenters. The third-order valence-electron chi connectivity index (χ3n) is 4.63. The molecule has 0 bridgehead atoms. The van der Waals surface area contributed by atoms with E-state index in [0.717, 1.165) is 37.7 Å². The molecular weight excluding hydrogens is 260 g/mol. The molecule has 0 aromatic heterocycles. The molecule has 1 aromatic rings. The second-order valence-electron chi connectivity index (χ2n) is 8.02. The lowest BCUT2D eigenvalue weighted by molar-refractivity contribution is -0.125. The molecule has 0 heterocycles. The molecule has 3 nitrogen and oxygen atoms in total. The fraction of sp³-hybridized carbons (Fsp3) is 0.611. The molecule has 2 saturated carbocycles. The average molecular weight is 286 g/mol. The van der Waals surface area contributed by atoms with Crippen molar-refractivity contribution in [2.75, 3.05) is 0 Å². The number of nitrogens with one attached hydrogen (secondary N) is 1. The van der Waals surface area contributed by atoms with Gasteiger partial charge in [0.2, 0.25) is 5.91 Å². The summed E-state index contributed by atoms with van der Waals surface area (Å²) in [6, 6.07) is 8.53. The molecule has 3 N–H and O–H groups in total. The molecule has 3 heteroatoms. The zero-order valence-corrected chi connectivity index (χ0v) is 13.3. The monoisotopic (exact) mass is 286 g/mol. The van der Waals surface area contributed by atoms with Crippen LogP contribution in [0.3, 0.4) is 0 Å². The second-order valence-corrected chi connectivity index (χ2v) is 8.02. The van der Waals surface area contributed by atoms with Crippen molar-refractivity contribution in [3.8, 4) is 0 Å². The highest BCUT2D eigenvalue weighted by Crippen LogP contribution is 2.49. The maximum atomic E-state index is 12.5. The van der Waals surface area contributed by atoms with Gasteiger partial charge in [-0.3, -0.25) is 4.79 Å². The minimum absolute atomic E-state index is 0.0440. The first kappa shape index (κ1) is 14.6. The SMILES string of the molecule is CC(C)(C)NC(=O)C1(c2ccc(CC3(N)CC3)cc2)CC1. The van der Waals surface area contributed by atoms with Crippen LogP contribution >= 0.6 is 0 Å². The van der Waals surface area contributed by atoms with Crippen molar-refractivity contribution in [2.24, 2.45) is 5.73 Å². The quantitative estimate of drug-likeness (QED) is 0.894.